The number of hydrogen-bond donors (Lipinski definition) is 2. The van der Waals surface area contributed by atoms with Crippen molar-refractivity contribution in [3.63, 3.8) is 0 Å². The number of rotatable bonds is 4. The molecule has 2 N–H and O–H groups in total. The Morgan fingerprint density at radius 3 is 2.70 bits per heavy atom. The van der Waals surface area contributed by atoms with E-state index < -0.39 is 11.9 Å². The lowest BCUT2D eigenvalue weighted by atomic mass is 10.2. The summed E-state index contributed by atoms with van der Waals surface area (Å²) < 4.78 is 8.77. The van der Waals surface area contributed by atoms with Crippen LogP contribution in [0.3, 0.4) is 0 Å². The highest BCUT2D eigenvalue weighted by atomic mass is 32.1. The van der Waals surface area contributed by atoms with Gasteiger partial charge in [0, 0.05) is 0 Å². The topological polar surface area (TPSA) is 101 Å². The number of aryl methyl sites for hydroxylation is 1. The van der Waals surface area contributed by atoms with Gasteiger partial charge < -0.3 is 15.2 Å². The molecule has 0 radical (unpaired) electrons. The Hall–Kier alpha value is -2.48. The Labute approximate surface area is 118 Å². The van der Waals surface area contributed by atoms with Crippen molar-refractivity contribution >= 4 is 29.1 Å². The molecular formula is C12H11N3O4S. The molecule has 1 aromatic heterocycles. The predicted octanol–water partition coefficient (Wildman–Crippen LogP) is 1.81. The molecule has 0 aliphatic carbocycles. The third-order valence-corrected chi connectivity index (χ3v) is 3.38. The molecule has 0 saturated heterocycles. The van der Waals surface area contributed by atoms with Gasteiger partial charge in [-0.05, 0) is 36.7 Å². The van der Waals surface area contributed by atoms with Crippen molar-refractivity contribution in [1.82, 2.24) is 9.59 Å². The molecule has 0 spiro atoms. The summed E-state index contributed by atoms with van der Waals surface area (Å²) in [7, 11) is 1.44. The largest absolute Gasteiger partial charge is 0.495 e. The van der Waals surface area contributed by atoms with E-state index in [1.807, 2.05) is 0 Å². The number of aromatic carboxylic acids is 1. The molecule has 1 amide bonds. The van der Waals surface area contributed by atoms with Crippen LogP contribution in [0, 0.1) is 6.92 Å². The second kappa shape index (κ2) is 5.66. The van der Waals surface area contributed by atoms with E-state index >= 15 is 0 Å². The number of carbonyl (C=O) groups excluding carboxylic acids is 1. The van der Waals surface area contributed by atoms with E-state index in [2.05, 4.69) is 14.9 Å². The Bertz CT molecular complexity index is 668. The first-order valence-corrected chi connectivity index (χ1v) is 6.32. The van der Waals surface area contributed by atoms with Crippen LogP contribution < -0.4 is 10.1 Å². The molecule has 2 aromatic rings. The molecule has 104 valence electrons. The second-order valence-corrected chi connectivity index (χ2v) is 4.62. The second-order valence-electron chi connectivity index (χ2n) is 3.86. The Balaban J connectivity index is 2.32. The van der Waals surface area contributed by atoms with Gasteiger partial charge in [-0.2, -0.15) is 0 Å². The van der Waals surface area contributed by atoms with E-state index in [0.717, 1.165) is 11.5 Å². The summed E-state index contributed by atoms with van der Waals surface area (Å²) in [5.41, 5.74) is 0.853. The first kappa shape index (κ1) is 13.9. The molecule has 7 nitrogen and oxygen atoms in total. The quantitative estimate of drug-likeness (QED) is 0.891. The third kappa shape index (κ3) is 2.75. The van der Waals surface area contributed by atoms with Crippen molar-refractivity contribution in [2.75, 3.05) is 12.4 Å². The van der Waals surface area contributed by atoms with Gasteiger partial charge in [0.25, 0.3) is 5.91 Å². The van der Waals surface area contributed by atoms with Gasteiger partial charge in [-0.25, -0.2) is 4.79 Å². The minimum absolute atomic E-state index is 0.0558. The van der Waals surface area contributed by atoms with Crippen LogP contribution in [0.2, 0.25) is 0 Å². The van der Waals surface area contributed by atoms with Gasteiger partial charge in [-0.15, -0.1) is 5.10 Å². The van der Waals surface area contributed by atoms with Crippen molar-refractivity contribution < 1.29 is 19.4 Å². The van der Waals surface area contributed by atoms with Crippen LogP contribution in [-0.4, -0.2) is 33.7 Å². The number of carbonyl (C=O) groups is 2. The van der Waals surface area contributed by atoms with Gasteiger partial charge in [-0.3, -0.25) is 4.79 Å². The van der Waals surface area contributed by atoms with Gasteiger partial charge in [0.2, 0.25) is 0 Å². The van der Waals surface area contributed by atoms with Crippen molar-refractivity contribution in [2.45, 2.75) is 6.92 Å². The summed E-state index contributed by atoms with van der Waals surface area (Å²) in [5, 5.41) is 15.3. The number of amides is 1. The molecule has 0 aliphatic rings. The number of ether oxygens (including phenoxy) is 1. The number of nitrogens with zero attached hydrogens (tertiary/aromatic N) is 2. The Morgan fingerprint density at radius 1 is 1.40 bits per heavy atom. The normalized spacial score (nSPS) is 10.1. The maximum absolute atomic E-state index is 12.1. The number of carboxylic acids is 1. The molecule has 8 heteroatoms. The van der Waals surface area contributed by atoms with E-state index in [9.17, 15) is 9.59 Å². The van der Waals surface area contributed by atoms with E-state index in [-0.39, 0.29) is 11.3 Å². The number of benzene rings is 1. The van der Waals surface area contributed by atoms with Crippen LogP contribution in [0.1, 0.15) is 25.7 Å². The van der Waals surface area contributed by atoms with Crippen molar-refractivity contribution in [2.24, 2.45) is 0 Å². The molecule has 0 atom stereocenters. The highest BCUT2D eigenvalue weighted by Gasteiger charge is 2.16. The van der Waals surface area contributed by atoms with Crippen LogP contribution in [0.5, 0.6) is 5.75 Å². The molecule has 0 fully saturated rings. The SMILES string of the molecule is COc1ccc(C(=O)O)cc1NC(=O)c1snnc1C. The average molecular weight is 293 g/mol. The number of aromatic nitrogens is 2. The maximum atomic E-state index is 12.1. The van der Waals surface area contributed by atoms with Gasteiger partial charge in [0.1, 0.15) is 10.6 Å². The molecule has 2 rings (SSSR count). The van der Waals surface area contributed by atoms with E-state index in [0.29, 0.717) is 16.3 Å². The van der Waals surface area contributed by atoms with Crippen LogP contribution in [0.4, 0.5) is 5.69 Å². The maximum Gasteiger partial charge on any atom is 0.335 e. The standard InChI is InChI=1S/C12H11N3O4S/c1-6-10(20-15-14-6)11(16)13-8-5-7(12(17)18)3-4-9(8)19-2/h3-5H,1-2H3,(H,13,16)(H,17,18). The van der Waals surface area contributed by atoms with E-state index in [1.54, 1.807) is 6.92 Å². The van der Waals surface area contributed by atoms with Crippen LogP contribution in [0.25, 0.3) is 0 Å². The van der Waals surface area contributed by atoms with Gasteiger partial charge in [-0.1, -0.05) is 4.49 Å². The van der Waals surface area contributed by atoms with Gasteiger partial charge in [0.05, 0.1) is 24.1 Å². The van der Waals surface area contributed by atoms with Crippen LogP contribution >= 0.6 is 11.5 Å². The average Bonchev–Trinajstić information content (AvgIpc) is 2.84. The molecule has 0 aliphatic heterocycles. The lowest BCUT2D eigenvalue weighted by Crippen LogP contribution is -2.13. The molecule has 0 unspecified atom stereocenters. The Kier molecular flexibility index (Phi) is 3.94. The third-order valence-electron chi connectivity index (χ3n) is 2.55. The number of hydrogen-bond acceptors (Lipinski definition) is 6. The van der Waals surface area contributed by atoms with Crippen molar-refractivity contribution in [3.8, 4) is 5.75 Å². The highest BCUT2D eigenvalue weighted by Crippen LogP contribution is 2.26. The van der Waals surface area contributed by atoms with Crippen molar-refractivity contribution in [1.29, 1.82) is 0 Å². The minimum Gasteiger partial charge on any atom is -0.495 e. The van der Waals surface area contributed by atoms with Crippen LogP contribution in [-0.2, 0) is 0 Å². The fourth-order valence-electron chi connectivity index (χ4n) is 1.56. The fourth-order valence-corrected chi connectivity index (χ4v) is 2.11. The number of carboxylic acid groups (broad SMARTS) is 1. The number of anilines is 1. The summed E-state index contributed by atoms with van der Waals surface area (Å²) in [6, 6.07) is 4.22. The van der Waals surface area contributed by atoms with E-state index in [4.69, 9.17) is 9.84 Å². The molecule has 20 heavy (non-hydrogen) atoms. The number of nitrogens with one attached hydrogen (secondary N) is 1. The summed E-state index contributed by atoms with van der Waals surface area (Å²) in [4.78, 5) is 23.4. The summed E-state index contributed by atoms with van der Waals surface area (Å²) in [6.07, 6.45) is 0. The van der Waals surface area contributed by atoms with Gasteiger partial charge >= 0.3 is 5.97 Å². The lowest BCUT2D eigenvalue weighted by molar-refractivity contribution is 0.0696. The minimum atomic E-state index is -1.08. The molecule has 0 saturated carbocycles. The first-order chi connectivity index (χ1) is 9.52. The zero-order valence-electron chi connectivity index (χ0n) is 10.7. The summed E-state index contributed by atoms with van der Waals surface area (Å²) >= 11 is 0.971. The summed E-state index contributed by atoms with van der Waals surface area (Å²) in [5.74, 6) is -1.12. The predicted molar refractivity (Wildman–Crippen MR) is 72.6 cm³/mol. The Morgan fingerprint density at radius 2 is 2.15 bits per heavy atom. The molecular weight excluding hydrogens is 282 g/mol. The highest BCUT2D eigenvalue weighted by molar-refractivity contribution is 7.08. The monoisotopic (exact) mass is 293 g/mol. The smallest absolute Gasteiger partial charge is 0.335 e. The molecule has 0 bridgehead atoms. The first-order valence-electron chi connectivity index (χ1n) is 5.54. The zero-order chi connectivity index (χ0) is 14.7. The molecule has 1 aromatic carbocycles. The van der Waals surface area contributed by atoms with Crippen molar-refractivity contribution in [3.05, 3.63) is 34.3 Å². The zero-order valence-corrected chi connectivity index (χ0v) is 11.5. The van der Waals surface area contributed by atoms with E-state index in [1.165, 1.54) is 25.3 Å². The summed E-state index contributed by atoms with van der Waals surface area (Å²) in [6.45, 7) is 1.67. The number of methoxy groups -OCH3 is 1. The fraction of sp³-hybridized carbons (Fsp3) is 0.167. The van der Waals surface area contributed by atoms with Crippen LogP contribution in [0.15, 0.2) is 18.2 Å². The van der Waals surface area contributed by atoms with Gasteiger partial charge in [0.15, 0.2) is 0 Å². The lowest BCUT2D eigenvalue weighted by Gasteiger charge is -2.10. The molecule has 1 heterocycles.